The van der Waals surface area contributed by atoms with Gasteiger partial charge in [0, 0.05) is 5.92 Å². The lowest BCUT2D eigenvalue weighted by molar-refractivity contribution is -0.142. The van der Waals surface area contributed by atoms with Crippen molar-refractivity contribution in [3.8, 4) is 11.4 Å². The monoisotopic (exact) mass is 317 g/mol. The average Bonchev–Trinajstić information content (AvgIpc) is 3.17. The fraction of sp³-hybridized carbons (Fsp3) is 0.429. The molecule has 0 saturated heterocycles. The number of hydrogen-bond donors (Lipinski definition) is 0. The lowest BCUT2D eigenvalue weighted by Crippen LogP contribution is -2.20. The molecule has 1 aromatic heterocycles. The van der Waals surface area contributed by atoms with E-state index in [2.05, 4.69) is 10.1 Å². The van der Waals surface area contributed by atoms with Gasteiger partial charge in [-0.05, 0) is 31.4 Å². The molecule has 1 aliphatic carbocycles. The number of hydrogen-bond acceptors (Lipinski definition) is 2. The van der Waals surface area contributed by atoms with Crippen molar-refractivity contribution < 1.29 is 22.0 Å². The van der Waals surface area contributed by atoms with Crippen molar-refractivity contribution in [3.05, 3.63) is 35.2 Å². The largest absolute Gasteiger partial charge is 0.408 e. The van der Waals surface area contributed by atoms with E-state index in [4.69, 9.17) is 0 Å². The summed E-state index contributed by atoms with van der Waals surface area (Å²) in [7, 11) is 0. The van der Waals surface area contributed by atoms with Gasteiger partial charge in [-0.3, -0.25) is 0 Å². The molecule has 0 radical (unpaired) electrons. The lowest BCUT2D eigenvalue weighted by atomic mass is 10.1. The van der Waals surface area contributed by atoms with E-state index < -0.39 is 35.7 Å². The number of benzene rings is 1. The number of nitrogens with zero attached hydrogens (tertiary/aromatic N) is 3. The zero-order valence-corrected chi connectivity index (χ0v) is 11.6. The van der Waals surface area contributed by atoms with E-state index in [9.17, 15) is 22.0 Å². The summed E-state index contributed by atoms with van der Waals surface area (Å²) in [6.45, 7) is -0.0284. The molecule has 3 nitrogen and oxygen atoms in total. The summed E-state index contributed by atoms with van der Waals surface area (Å²) in [6.07, 6.45) is -3.01. The lowest BCUT2D eigenvalue weighted by Gasteiger charge is -2.11. The molecule has 0 amide bonds. The summed E-state index contributed by atoms with van der Waals surface area (Å²) in [5.74, 6) is -2.11. The van der Waals surface area contributed by atoms with Crippen LogP contribution in [0.4, 0.5) is 22.0 Å². The number of aryl methyl sites for hydroxylation is 1. The molecule has 0 bridgehead atoms. The van der Waals surface area contributed by atoms with Crippen LogP contribution in [0.3, 0.4) is 0 Å². The molecule has 1 aliphatic rings. The zero-order chi connectivity index (χ0) is 16.1. The third-order valence-corrected chi connectivity index (χ3v) is 3.47. The molecule has 0 spiro atoms. The Kier molecular flexibility index (Phi) is 3.41. The van der Waals surface area contributed by atoms with Gasteiger partial charge in [0.25, 0.3) is 0 Å². The predicted octanol–water partition coefficient (Wildman–Crippen LogP) is 3.97. The first-order chi connectivity index (χ1) is 10.3. The molecule has 0 unspecified atom stereocenters. The van der Waals surface area contributed by atoms with E-state index in [0.29, 0.717) is 4.68 Å². The molecule has 0 N–H and O–H groups in total. The minimum atomic E-state index is -4.56. The summed E-state index contributed by atoms with van der Waals surface area (Å²) in [6, 6.07) is 2.23. The minimum Gasteiger partial charge on any atom is -0.236 e. The van der Waals surface area contributed by atoms with Crippen molar-refractivity contribution in [2.45, 2.75) is 38.4 Å². The number of aromatic nitrogens is 3. The first kappa shape index (κ1) is 14.9. The van der Waals surface area contributed by atoms with E-state index in [-0.39, 0.29) is 17.3 Å². The van der Waals surface area contributed by atoms with Crippen LogP contribution < -0.4 is 0 Å². The molecule has 22 heavy (non-hydrogen) atoms. The maximum atomic E-state index is 14.2. The van der Waals surface area contributed by atoms with Crippen molar-refractivity contribution in [1.29, 1.82) is 0 Å². The molecule has 1 saturated carbocycles. The Morgan fingerprint density at radius 1 is 1.23 bits per heavy atom. The van der Waals surface area contributed by atoms with Gasteiger partial charge in [0.1, 0.15) is 18.2 Å². The van der Waals surface area contributed by atoms with Gasteiger partial charge in [0.15, 0.2) is 11.6 Å². The van der Waals surface area contributed by atoms with Gasteiger partial charge < -0.3 is 0 Å². The van der Waals surface area contributed by atoms with E-state index in [1.54, 1.807) is 0 Å². The van der Waals surface area contributed by atoms with Crippen molar-refractivity contribution in [2.24, 2.45) is 0 Å². The summed E-state index contributed by atoms with van der Waals surface area (Å²) in [5, 5.41) is 3.80. The second-order valence-electron chi connectivity index (χ2n) is 5.39. The first-order valence-corrected chi connectivity index (χ1v) is 6.72. The highest BCUT2D eigenvalue weighted by molar-refractivity contribution is 5.59. The van der Waals surface area contributed by atoms with E-state index in [1.165, 1.54) is 13.0 Å². The molecule has 3 rings (SSSR count). The van der Waals surface area contributed by atoms with Crippen LogP contribution in [0.5, 0.6) is 0 Å². The second kappa shape index (κ2) is 5.03. The number of halogens is 5. The Morgan fingerprint density at radius 2 is 1.91 bits per heavy atom. The van der Waals surface area contributed by atoms with Gasteiger partial charge in [0.2, 0.25) is 0 Å². The summed E-state index contributed by atoms with van der Waals surface area (Å²) < 4.78 is 66.7. The maximum Gasteiger partial charge on any atom is 0.408 e. The molecule has 8 heteroatoms. The Balaban J connectivity index is 2.15. The Bertz CT molecular complexity index is 716. The van der Waals surface area contributed by atoms with Crippen LogP contribution >= 0.6 is 0 Å². The maximum absolute atomic E-state index is 14.2. The van der Waals surface area contributed by atoms with E-state index in [0.717, 1.165) is 18.9 Å². The smallest absolute Gasteiger partial charge is 0.236 e. The van der Waals surface area contributed by atoms with Gasteiger partial charge in [-0.25, -0.2) is 18.4 Å². The molecule has 118 valence electrons. The van der Waals surface area contributed by atoms with Crippen molar-refractivity contribution >= 4 is 0 Å². The molecular weight excluding hydrogens is 305 g/mol. The Morgan fingerprint density at radius 3 is 2.50 bits per heavy atom. The normalized spacial score (nSPS) is 15.4. The highest BCUT2D eigenvalue weighted by atomic mass is 19.4. The highest BCUT2D eigenvalue weighted by Gasteiger charge is 2.35. The molecule has 2 aromatic rings. The second-order valence-corrected chi connectivity index (χ2v) is 5.39. The number of rotatable bonds is 3. The molecule has 1 aromatic carbocycles. The van der Waals surface area contributed by atoms with Crippen LogP contribution in [0.25, 0.3) is 11.4 Å². The molecule has 1 heterocycles. The van der Waals surface area contributed by atoms with Crippen LogP contribution in [0, 0.1) is 18.6 Å². The van der Waals surface area contributed by atoms with Gasteiger partial charge >= 0.3 is 6.18 Å². The van der Waals surface area contributed by atoms with Crippen molar-refractivity contribution in [3.63, 3.8) is 0 Å². The van der Waals surface area contributed by atoms with Crippen molar-refractivity contribution in [1.82, 2.24) is 14.8 Å². The van der Waals surface area contributed by atoms with Gasteiger partial charge in [-0.15, -0.1) is 0 Å². The molecule has 1 fully saturated rings. The zero-order valence-electron chi connectivity index (χ0n) is 11.6. The van der Waals surface area contributed by atoms with Crippen molar-refractivity contribution in [2.75, 3.05) is 0 Å². The average molecular weight is 317 g/mol. The van der Waals surface area contributed by atoms with E-state index in [1.807, 2.05) is 0 Å². The van der Waals surface area contributed by atoms with Crippen LogP contribution in [0.2, 0.25) is 0 Å². The van der Waals surface area contributed by atoms with Gasteiger partial charge in [-0.2, -0.15) is 18.3 Å². The van der Waals surface area contributed by atoms with E-state index >= 15 is 0 Å². The predicted molar refractivity (Wildman–Crippen MR) is 68.1 cm³/mol. The van der Waals surface area contributed by atoms with Crippen LogP contribution in [-0.2, 0) is 6.54 Å². The van der Waals surface area contributed by atoms with Gasteiger partial charge in [0.05, 0.1) is 5.56 Å². The fourth-order valence-electron chi connectivity index (χ4n) is 2.20. The van der Waals surface area contributed by atoms with Crippen LogP contribution in [0.15, 0.2) is 12.1 Å². The molecule has 0 atom stereocenters. The van der Waals surface area contributed by atoms with Crippen LogP contribution in [0.1, 0.15) is 30.1 Å². The summed E-state index contributed by atoms with van der Waals surface area (Å²) in [4.78, 5) is 3.96. The summed E-state index contributed by atoms with van der Waals surface area (Å²) in [5.41, 5.74) is -0.436. The standard InChI is InChI=1S/C14H12F5N3/c1-7-2-5-9(15)10(11(7)16)13-20-12(8-3-4-8)21-22(13)6-14(17,18)19/h2,5,8H,3-4,6H2,1H3. The Labute approximate surface area is 122 Å². The third kappa shape index (κ3) is 2.82. The topological polar surface area (TPSA) is 30.7 Å². The quantitative estimate of drug-likeness (QED) is 0.802. The molecule has 0 aliphatic heterocycles. The summed E-state index contributed by atoms with van der Waals surface area (Å²) >= 11 is 0. The SMILES string of the molecule is Cc1ccc(F)c(-c2nc(C3CC3)nn2CC(F)(F)F)c1F. The molecular formula is C14H12F5N3. The minimum absolute atomic E-state index is 0.0239. The highest BCUT2D eigenvalue weighted by Crippen LogP contribution is 2.39. The fourth-order valence-corrected chi connectivity index (χ4v) is 2.20. The third-order valence-electron chi connectivity index (χ3n) is 3.47. The van der Waals surface area contributed by atoms with Crippen LogP contribution in [-0.4, -0.2) is 20.9 Å². The van der Waals surface area contributed by atoms with Gasteiger partial charge in [-0.1, -0.05) is 6.07 Å². The number of alkyl halides is 3. The Hall–Kier alpha value is -1.99. The first-order valence-electron chi connectivity index (χ1n) is 6.72.